The van der Waals surface area contributed by atoms with Crippen molar-refractivity contribution in [2.24, 2.45) is 11.3 Å². The molecular weight excluding hydrogens is 312 g/mol. The Morgan fingerprint density at radius 2 is 2.26 bits per heavy atom. The Morgan fingerprint density at radius 3 is 3.09 bits per heavy atom. The van der Waals surface area contributed by atoms with Gasteiger partial charge in [-0.3, -0.25) is 9.88 Å². The summed E-state index contributed by atoms with van der Waals surface area (Å²) in [7, 11) is 0. The molecule has 3 heterocycles. The van der Waals surface area contributed by atoms with Crippen LogP contribution in [0.15, 0.2) is 30.3 Å². The molecule has 4 nitrogen and oxygen atoms in total. The third-order valence-corrected chi connectivity index (χ3v) is 5.59. The van der Waals surface area contributed by atoms with E-state index in [1.165, 1.54) is 0 Å². The standard InChI is InChI=1S/C18H21ClN2O2/c19-15-2-4-17-13(7-15)1-3-16(20-17)9-21-8-14-10-23-6-5-18(14,11-21)12-22/h1-4,7,14,22H,5-6,8-12H2/t14-,18-/m1/s1. The van der Waals surface area contributed by atoms with Crippen LogP contribution in [0.4, 0.5) is 0 Å². The number of ether oxygens (including phenoxy) is 1. The Balaban J connectivity index is 1.53. The van der Waals surface area contributed by atoms with Gasteiger partial charge in [-0.2, -0.15) is 0 Å². The van der Waals surface area contributed by atoms with Gasteiger partial charge in [0.25, 0.3) is 0 Å². The maximum absolute atomic E-state index is 9.89. The van der Waals surface area contributed by atoms with Crippen LogP contribution in [-0.2, 0) is 11.3 Å². The number of fused-ring (bicyclic) bond motifs is 2. The molecule has 2 aliphatic rings. The van der Waals surface area contributed by atoms with E-state index >= 15 is 0 Å². The first kappa shape index (κ1) is 15.3. The van der Waals surface area contributed by atoms with Crippen molar-refractivity contribution >= 4 is 22.5 Å². The normalized spacial score (nSPS) is 28.2. The summed E-state index contributed by atoms with van der Waals surface area (Å²) in [5, 5.41) is 11.7. The molecule has 4 rings (SSSR count). The minimum absolute atomic E-state index is 0.0165. The van der Waals surface area contributed by atoms with Crippen LogP contribution in [0.1, 0.15) is 12.1 Å². The number of halogens is 1. The first-order chi connectivity index (χ1) is 11.2. The number of rotatable bonds is 3. The van der Waals surface area contributed by atoms with Gasteiger partial charge in [0.15, 0.2) is 0 Å². The third kappa shape index (κ3) is 2.85. The van der Waals surface area contributed by atoms with Gasteiger partial charge >= 0.3 is 0 Å². The van der Waals surface area contributed by atoms with Crippen LogP contribution < -0.4 is 0 Å². The Labute approximate surface area is 141 Å². The summed E-state index contributed by atoms with van der Waals surface area (Å²) in [4.78, 5) is 7.15. The van der Waals surface area contributed by atoms with Crippen LogP contribution >= 0.6 is 11.6 Å². The van der Waals surface area contributed by atoms with Crippen molar-refractivity contribution in [3.8, 4) is 0 Å². The molecule has 2 aromatic rings. The SMILES string of the molecule is OC[C@]12CCOC[C@H]1CN(Cc1ccc3cc(Cl)ccc3n1)C2. The molecule has 2 atom stereocenters. The van der Waals surface area contributed by atoms with Crippen molar-refractivity contribution in [2.45, 2.75) is 13.0 Å². The van der Waals surface area contributed by atoms with Gasteiger partial charge in [0.1, 0.15) is 0 Å². The van der Waals surface area contributed by atoms with Crippen LogP contribution in [0.3, 0.4) is 0 Å². The van der Waals surface area contributed by atoms with E-state index in [4.69, 9.17) is 21.3 Å². The van der Waals surface area contributed by atoms with E-state index in [1.54, 1.807) is 0 Å². The lowest BCUT2D eigenvalue weighted by molar-refractivity contribution is -0.0417. The third-order valence-electron chi connectivity index (χ3n) is 5.36. The summed E-state index contributed by atoms with van der Waals surface area (Å²) in [5.74, 6) is 0.431. The number of aromatic nitrogens is 1. The van der Waals surface area contributed by atoms with Crippen LogP contribution in [-0.4, -0.2) is 47.9 Å². The molecule has 0 amide bonds. The fourth-order valence-corrected chi connectivity index (χ4v) is 4.17. The molecule has 1 aromatic carbocycles. The number of benzene rings is 1. The highest BCUT2D eigenvalue weighted by molar-refractivity contribution is 6.31. The largest absolute Gasteiger partial charge is 0.396 e. The van der Waals surface area contributed by atoms with Gasteiger partial charge in [0, 0.05) is 48.0 Å². The van der Waals surface area contributed by atoms with E-state index in [0.29, 0.717) is 5.92 Å². The second kappa shape index (κ2) is 6.02. The number of pyridine rings is 1. The molecule has 5 heteroatoms. The van der Waals surface area contributed by atoms with Gasteiger partial charge in [-0.15, -0.1) is 0 Å². The minimum atomic E-state index is 0.0165. The first-order valence-corrected chi connectivity index (χ1v) is 8.52. The van der Waals surface area contributed by atoms with Crippen molar-refractivity contribution < 1.29 is 9.84 Å². The second-order valence-electron chi connectivity index (χ2n) is 6.85. The zero-order valence-corrected chi connectivity index (χ0v) is 13.8. The fourth-order valence-electron chi connectivity index (χ4n) is 3.99. The van der Waals surface area contributed by atoms with Crippen molar-refractivity contribution in [3.05, 3.63) is 41.0 Å². The summed E-state index contributed by atoms with van der Waals surface area (Å²) >= 11 is 6.03. The molecule has 1 aromatic heterocycles. The van der Waals surface area contributed by atoms with E-state index in [2.05, 4.69) is 17.0 Å². The molecule has 0 spiro atoms. The fraction of sp³-hybridized carbons (Fsp3) is 0.500. The molecule has 122 valence electrons. The van der Waals surface area contributed by atoms with E-state index in [0.717, 1.165) is 60.9 Å². The summed E-state index contributed by atoms with van der Waals surface area (Å²) in [6.07, 6.45) is 0.953. The Hall–Kier alpha value is -1.20. The molecule has 2 fully saturated rings. The second-order valence-corrected chi connectivity index (χ2v) is 7.29. The zero-order valence-electron chi connectivity index (χ0n) is 13.0. The number of hydrogen-bond acceptors (Lipinski definition) is 4. The summed E-state index contributed by atoms with van der Waals surface area (Å²) in [6, 6.07) is 9.94. The minimum Gasteiger partial charge on any atom is -0.396 e. The summed E-state index contributed by atoms with van der Waals surface area (Å²) in [6.45, 7) is 4.50. The molecule has 0 radical (unpaired) electrons. The van der Waals surface area contributed by atoms with E-state index in [-0.39, 0.29) is 12.0 Å². The number of aliphatic hydroxyl groups is 1. The van der Waals surface area contributed by atoms with Crippen molar-refractivity contribution in [2.75, 3.05) is 32.9 Å². The summed E-state index contributed by atoms with van der Waals surface area (Å²) < 4.78 is 5.61. The van der Waals surface area contributed by atoms with Gasteiger partial charge in [-0.05, 0) is 30.7 Å². The lowest BCUT2D eigenvalue weighted by Gasteiger charge is -2.36. The first-order valence-electron chi connectivity index (χ1n) is 8.15. The highest BCUT2D eigenvalue weighted by atomic mass is 35.5. The van der Waals surface area contributed by atoms with Crippen LogP contribution in [0.5, 0.6) is 0 Å². The predicted molar refractivity (Wildman–Crippen MR) is 90.5 cm³/mol. The lowest BCUT2D eigenvalue weighted by Crippen LogP contribution is -2.41. The maximum atomic E-state index is 9.89. The molecule has 2 aliphatic heterocycles. The molecule has 0 bridgehead atoms. The van der Waals surface area contributed by atoms with Crippen molar-refractivity contribution in [1.82, 2.24) is 9.88 Å². The number of aliphatic hydroxyl groups excluding tert-OH is 1. The van der Waals surface area contributed by atoms with Crippen molar-refractivity contribution in [3.63, 3.8) is 0 Å². The molecule has 23 heavy (non-hydrogen) atoms. The zero-order chi connectivity index (χ0) is 15.9. The predicted octanol–water partition coefficient (Wildman–Crippen LogP) is 2.72. The lowest BCUT2D eigenvalue weighted by atomic mass is 9.75. The Kier molecular flexibility index (Phi) is 4.01. The van der Waals surface area contributed by atoms with Crippen LogP contribution in [0.2, 0.25) is 5.02 Å². The number of nitrogens with zero attached hydrogens (tertiary/aromatic N) is 2. The Bertz CT molecular complexity index is 723. The quantitative estimate of drug-likeness (QED) is 0.938. The van der Waals surface area contributed by atoms with Gasteiger partial charge < -0.3 is 9.84 Å². The smallest absolute Gasteiger partial charge is 0.0706 e. The monoisotopic (exact) mass is 332 g/mol. The molecule has 0 aliphatic carbocycles. The van der Waals surface area contributed by atoms with Gasteiger partial charge in [-0.25, -0.2) is 0 Å². The van der Waals surface area contributed by atoms with Crippen molar-refractivity contribution in [1.29, 1.82) is 0 Å². The molecule has 1 N–H and O–H groups in total. The van der Waals surface area contributed by atoms with E-state index in [1.807, 2.05) is 18.2 Å². The molecule has 0 unspecified atom stereocenters. The number of likely N-dealkylation sites (tertiary alicyclic amines) is 1. The number of hydrogen-bond donors (Lipinski definition) is 1. The average molecular weight is 333 g/mol. The van der Waals surface area contributed by atoms with Gasteiger partial charge in [0.05, 0.1) is 24.4 Å². The topological polar surface area (TPSA) is 45.6 Å². The van der Waals surface area contributed by atoms with E-state index in [9.17, 15) is 5.11 Å². The van der Waals surface area contributed by atoms with Crippen LogP contribution in [0.25, 0.3) is 10.9 Å². The van der Waals surface area contributed by atoms with Crippen LogP contribution in [0, 0.1) is 11.3 Å². The van der Waals surface area contributed by atoms with Gasteiger partial charge in [-0.1, -0.05) is 17.7 Å². The molecular formula is C18H21ClN2O2. The molecule has 0 saturated carbocycles. The highest BCUT2D eigenvalue weighted by Crippen LogP contribution is 2.42. The highest BCUT2D eigenvalue weighted by Gasteiger charge is 2.47. The van der Waals surface area contributed by atoms with Gasteiger partial charge in [0.2, 0.25) is 0 Å². The Morgan fingerprint density at radius 1 is 1.35 bits per heavy atom. The summed E-state index contributed by atoms with van der Waals surface area (Å²) in [5.41, 5.74) is 2.05. The maximum Gasteiger partial charge on any atom is 0.0706 e. The van der Waals surface area contributed by atoms with E-state index < -0.39 is 0 Å². The average Bonchev–Trinajstić information content (AvgIpc) is 2.93. The molecule has 2 saturated heterocycles.